The Morgan fingerprint density at radius 2 is 0.797 bits per heavy atom. The fraction of sp³-hybridized carbons (Fsp3) is 0. The summed E-state index contributed by atoms with van der Waals surface area (Å²) in [5, 5.41) is 8.55. The third kappa shape index (κ3) is 6.29. The van der Waals surface area contributed by atoms with Gasteiger partial charge in [-0.2, -0.15) is 0 Å². The predicted molar refractivity (Wildman–Crippen MR) is 255 cm³/mol. The van der Waals surface area contributed by atoms with Crippen LogP contribution < -0.4 is 9.80 Å². The van der Waals surface area contributed by atoms with E-state index < -0.39 is 0 Å². The van der Waals surface area contributed by atoms with E-state index in [0.717, 1.165) is 34.1 Å². The molecule has 1 aromatic heterocycles. The zero-order valence-electron chi connectivity index (χ0n) is 32.2. The number of thiophene rings is 1. The number of rotatable bonds is 8. The second-order valence-electron chi connectivity index (χ2n) is 14.9. The van der Waals surface area contributed by atoms with Crippen LogP contribution in [0.15, 0.2) is 231 Å². The van der Waals surface area contributed by atoms with Gasteiger partial charge >= 0.3 is 0 Å². The van der Waals surface area contributed by atoms with Crippen LogP contribution >= 0.6 is 11.3 Å². The Balaban J connectivity index is 1.13. The summed E-state index contributed by atoms with van der Waals surface area (Å²) >= 11 is 1.88. The molecule has 0 N–H and O–H groups in total. The Hall–Kier alpha value is -7.46. The quantitative estimate of drug-likeness (QED) is 0.152. The van der Waals surface area contributed by atoms with Gasteiger partial charge in [0.15, 0.2) is 0 Å². The molecule has 0 radical (unpaired) electrons. The van der Waals surface area contributed by atoms with Gasteiger partial charge in [-0.25, -0.2) is 0 Å². The minimum absolute atomic E-state index is 1.12. The first-order valence-electron chi connectivity index (χ1n) is 20.1. The molecular formula is C56H38N2S. The number of hydrogen-bond donors (Lipinski definition) is 0. The Morgan fingerprint density at radius 1 is 0.305 bits per heavy atom. The van der Waals surface area contributed by atoms with Crippen LogP contribution in [0.1, 0.15) is 0 Å². The maximum absolute atomic E-state index is 2.43. The van der Waals surface area contributed by atoms with Gasteiger partial charge < -0.3 is 9.80 Å². The zero-order valence-corrected chi connectivity index (χ0v) is 33.1. The van der Waals surface area contributed by atoms with Crippen molar-refractivity contribution in [3.8, 4) is 21.6 Å². The summed E-state index contributed by atoms with van der Waals surface area (Å²) in [6.45, 7) is 0. The third-order valence-corrected chi connectivity index (χ3v) is 12.6. The minimum atomic E-state index is 1.12. The van der Waals surface area contributed by atoms with Crippen molar-refractivity contribution in [3.05, 3.63) is 231 Å². The largest absolute Gasteiger partial charge is 0.310 e. The lowest BCUT2D eigenvalue weighted by Crippen LogP contribution is -2.10. The first-order chi connectivity index (χ1) is 29.3. The molecule has 0 fully saturated rings. The van der Waals surface area contributed by atoms with Crippen molar-refractivity contribution in [2.45, 2.75) is 0 Å². The predicted octanol–water partition coefficient (Wildman–Crippen LogP) is 16.6. The summed E-state index contributed by atoms with van der Waals surface area (Å²) in [4.78, 5) is 6.05. The van der Waals surface area contributed by atoms with Gasteiger partial charge in [0.1, 0.15) is 0 Å². The fourth-order valence-electron chi connectivity index (χ4n) is 8.64. The summed E-state index contributed by atoms with van der Waals surface area (Å²) in [5.41, 5.74) is 10.4. The molecule has 2 nitrogen and oxygen atoms in total. The van der Waals surface area contributed by atoms with Crippen LogP contribution in [0.5, 0.6) is 0 Å². The van der Waals surface area contributed by atoms with Crippen LogP contribution in [-0.4, -0.2) is 0 Å². The molecule has 0 bridgehead atoms. The maximum atomic E-state index is 2.43. The molecule has 11 aromatic rings. The van der Waals surface area contributed by atoms with Gasteiger partial charge in [-0.1, -0.05) is 158 Å². The molecular weight excluding hydrogens is 733 g/mol. The van der Waals surface area contributed by atoms with E-state index in [0.29, 0.717) is 0 Å². The molecule has 0 aliphatic heterocycles. The number of anilines is 6. The van der Waals surface area contributed by atoms with Gasteiger partial charge in [0.25, 0.3) is 0 Å². The van der Waals surface area contributed by atoms with Crippen molar-refractivity contribution < 1.29 is 0 Å². The van der Waals surface area contributed by atoms with Gasteiger partial charge in [0, 0.05) is 59.9 Å². The highest BCUT2D eigenvalue weighted by Gasteiger charge is 2.23. The second-order valence-corrected chi connectivity index (χ2v) is 16.0. The number of hydrogen-bond acceptors (Lipinski definition) is 3. The molecule has 0 saturated carbocycles. The Bertz CT molecular complexity index is 3160. The van der Waals surface area contributed by atoms with E-state index >= 15 is 0 Å². The van der Waals surface area contributed by atoms with Crippen LogP contribution in [0.3, 0.4) is 0 Å². The van der Waals surface area contributed by atoms with Crippen molar-refractivity contribution in [1.82, 2.24) is 0 Å². The van der Waals surface area contributed by atoms with Gasteiger partial charge in [-0.3, -0.25) is 0 Å². The highest BCUT2D eigenvalue weighted by Crippen LogP contribution is 2.50. The molecule has 10 aromatic carbocycles. The van der Waals surface area contributed by atoms with E-state index in [1.54, 1.807) is 0 Å². The lowest BCUT2D eigenvalue weighted by atomic mass is 9.94. The van der Waals surface area contributed by atoms with E-state index in [9.17, 15) is 0 Å². The van der Waals surface area contributed by atoms with Crippen molar-refractivity contribution in [3.63, 3.8) is 0 Å². The molecule has 0 atom stereocenters. The monoisotopic (exact) mass is 770 g/mol. The fourth-order valence-corrected chi connectivity index (χ4v) is 9.89. The van der Waals surface area contributed by atoms with E-state index in [4.69, 9.17) is 0 Å². The summed E-state index contributed by atoms with van der Waals surface area (Å²) in [7, 11) is 0. The number of benzene rings is 10. The Labute approximate surface area is 348 Å². The Morgan fingerprint density at radius 3 is 1.41 bits per heavy atom. The lowest BCUT2D eigenvalue weighted by molar-refractivity contribution is 1.29. The van der Waals surface area contributed by atoms with E-state index in [1.165, 1.54) is 64.0 Å². The van der Waals surface area contributed by atoms with Crippen LogP contribution in [0.2, 0.25) is 0 Å². The summed E-state index contributed by atoms with van der Waals surface area (Å²) in [5.74, 6) is 0. The van der Waals surface area contributed by atoms with Gasteiger partial charge in [0.05, 0.1) is 5.69 Å². The highest BCUT2D eigenvalue weighted by molar-refractivity contribution is 7.23. The van der Waals surface area contributed by atoms with Gasteiger partial charge in [-0.15, -0.1) is 11.3 Å². The molecule has 1 heterocycles. The zero-order chi connectivity index (χ0) is 39.1. The lowest BCUT2D eigenvalue weighted by Gasteiger charge is -2.28. The average molecular weight is 771 g/mol. The maximum Gasteiger partial charge on any atom is 0.0540 e. The molecule has 0 aliphatic rings. The highest BCUT2D eigenvalue weighted by atomic mass is 32.1. The smallest absolute Gasteiger partial charge is 0.0540 e. The molecule has 59 heavy (non-hydrogen) atoms. The molecule has 0 amide bonds. The molecule has 3 heteroatoms. The molecule has 11 rings (SSSR count). The van der Waals surface area contributed by atoms with Crippen molar-refractivity contribution in [1.29, 1.82) is 0 Å². The number of fused-ring (bicyclic) bond motifs is 4. The SMILES string of the molecule is c1ccc(-c2c(-c3ccc(N(c4ccc5ccccc5c4)c4ccc5ccccc5c4)c4ccccc34)sc3ccc(N(c4ccccc4)c4ccccc4)cc23)cc1. The van der Waals surface area contributed by atoms with Gasteiger partial charge in [0.2, 0.25) is 0 Å². The standard InChI is InChI=1S/C56H38N2S/c1-4-18-41(19-5-1)55-52-38-48(57(44-22-6-2-7-23-44)45-24-8-3-9-25-45)32-35-54(52)59-56(55)51-33-34-53(50-27-15-14-26-49(50)51)58(46-30-28-39-16-10-12-20-42(39)36-46)47-31-29-40-17-11-13-21-43(40)37-47/h1-38H. The van der Waals surface area contributed by atoms with Crippen molar-refractivity contribution >= 4 is 87.9 Å². The second kappa shape index (κ2) is 14.8. The summed E-state index contributed by atoms with van der Waals surface area (Å²) in [6.07, 6.45) is 0. The van der Waals surface area contributed by atoms with E-state index in [-0.39, 0.29) is 0 Å². The summed E-state index contributed by atoms with van der Waals surface area (Å²) in [6, 6.07) is 83.7. The molecule has 278 valence electrons. The Kier molecular flexibility index (Phi) is 8.72. The molecule has 0 spiro atoms. The first kappa shape index (κ1) is 34.8. The van der Waals surface area contributed by atoms with E-state index in [1.807, 2.05) is 11.3 Å². The van der Waals surface area contributed by atoms with Crippen LogP contribution in [0, 0.1) is 0 Å². The number of nitrogens with zero attached hydrogens (tertiary/aromatic N) is 2. The van der Waals surface area contributed by atoms with Crippen molar-refractivity contribution in [2.24, 2.45) is 0 Å². The molecule has 0 unspecified atom stereocenters. The molecule has 0 aliphatic carbocycles. The van der Waals surface area contributed by atoms with Gasteiger partial charge in [-0.05, 0) is 105 Å². The van der Waals surface area contributed by atoms with Crippen molar-refractivity contribution in [2.75, 3.05) is 9.80 Å². The normalized spacial score (nSPS) is 11.4. The topological polar surface area (TPSA) is 6.48 Å². The van der Waals surface area contributed by atoms with Crippen LogP contribution in [0.25, 0.3) is 64.0 Å². The third-order valence-electron chi connectivity index (χ3n) is 11.4. The van der Waals surface area contributed by atoms with E-state index in [2.05, 4.69) is 240 Å². The number of para-hydroxylation sites is 2. The first-order valence-corrected chi connectivity index (χ1v) is 20.9. The summed E-state index contributed by atoms with van der Waals surface area (Å²) < 4.78 is 1.26. The average Bonchev–Trinajstić information content (AvgIpc) is 3.69. The molecule has 0 saturated heterocycles. The minimum Gasteiger partial charge on any atom is -0.310 e. The van der Waals surface area contributed by atoms with Crippen LogP contribution in [0.4, 0.5) is 34.1 Å². The van der Waals surface area contributed by atoms with Crippen LogP contribution in [-0.2, 0) is 0 Å².